The first-order chi connectivity index (χ1) is 10.6. The topological polar surface area (TPSA) is 95.1 Å². The fourth-order valence-corrected chi connectivity index (χ4v) is 3.31. The molecule has 1 aromatic heterocycles. The van der Waals surface area contributed by atoms with E-state index in [1.165, 1.54) is 0 Å². The van der Waals surface area contributed by atoms with Gasteiger partial charge in [-0.25, -0.2) is 18.1 Å². The van der Waals surface area contributed by atoms with Crippen molar-refractivity contribution in [3.05, 3.63) is 54.1 Å². The van der Waals surface area contributed by atoms with E-state index >= 15 is 0 Å². The quantitative estimate of drug-likeness (QED) is 0.646. The Bertz CT molecular complexity index is 642. The molecular weight excluding hydrogens is 302 g/mol. The van der Waals surface area contributed by atoms with E-state index in [0.717, 1.165) is 17.7 Å². The summed E-state index contributed by atoms with van der Waals surface area (Å²) in [6.45, 7) is 0.239. The largest absolute Gasteiger partial charge is 0.392 e. The third-order valence-electron chi connectivity index (χ3n) is 3.28. The van der Waals surface area contributed by atoms with Crippen molar-refractivity contribution in [1.82, 2.24) is 14.7 Å². The predicted octanol–water partition coefficient (Wildman–Crippen LogP) is 1.21. The van der Waals surface area contributed by atoms with Gasteiger partial charge in [0.25, 0.3) is 0 Å². The van der Waals surface area contributed by atoms with Crippen LogP contribution in [0, 0.1) is 0 Å². The van der Waals surface area contributed by atoms with Crippen molar-refractivity contribution in [2.75, 3.05) is 5.75 Å². The van der Waals surface area contributed by atoms with E-state index in [4.69, 9.17) is 0 Å². The van der Waals surface area contributed by atoms with E-state index in [1.54, 1.807) is 12.5 Å². The SMILES string of the molecule is O=S(=O)(CC(O)CCCc1c[nH]cn1)NCc1ccccc1. The van der Waals surface area contributed by atoms with Gasteiger partial charge < -0.3 is 10.1 Å². The molecule has 2 aromatic rings. The summed E-state index contributed by atoms with van der Waals surface area (Å²) in [5.74, 6) is -0.277. The van der Waals surface area contributed by atoms with Gasteiger partial charge in [-0.1, -0.05) is 30.3 Å². The molecule has 22 heavy (non-hydrogen) atoms. The van der Waals surface area contributed by atoms with Crippen LogP contribution in [-0.2, 0) is 23.0 Å². The highest BCUT2D eigenvalue weighted by molar-refractivity contribution is 7.89. The minimum absolute atomic E-state index is 0.239. The fourth-order valence-electron chi connectivity index (χ4n) is 2.13. The van der Waals surface area contributed by atoms with Crippen LogP contribution in [0.1, 0.15) is 24.1 Å². The lowest BCUT2D eigenvalue weighted by Gasteiger charge is -2.12. The molecule has 0 amide bonds. The lowest BCUT2D eigenvalue weighted by atomic mass is 10.1. The summed E-state index contributed by atoms with van der Waals surface area (Å²) in [7, 11) is -3.49. The number of sulfonamides is 1. The Morgan fingerprint density at radius 3 is 2.73 bits per heavy atom. The summed E-state index contributed by atoms with van der Waals surface area (Å²) in [6.07, 6.45) is 4.37. The number of nitrogens with zero attached hydrogens (tertiary/aromatic N) is 1. The maximum Gasteiger partial charge on any atom is 0.214 e. The number of aliphatic hydroxyl groups is 1. The van der Waals surface area contributed by atoms with Crippen LogP contribution in [0.2, 0.25) is 0 Å². The molecule has 7 heteroatoms. The monoisotopic (exact) mass is 323 g/mol. The van der Waals surface area contributed by atoms with Crippen LogP contribution in [0.15, 0.2) is 42.9 Å². The maximum absolute atomic E-state index is 11.9. The Morgan fingerprint density at radius 2 is 2.05 bits per heavy atom. The second-order valence-corrected chi connectivity index (χ2v) is 7.05. The number of rotatable bonds is 9. The van der Waals surface area contributed by atoms with Gasteiger partial charge in [-0.2, -0.15) is 0 Å². The summed E-state index contributed by atoms with van der Waals surface area (Å²) in [5.41, 5.74) is 1.80. The van der Waals surface area contributed by atoms with Crippen LogP contribution < -0.4 is 4.72 Å². The molecule has 1 heterocycles. The molecule has 6 nitrogen and oxygen atoms in total. The van der Waals surface area contributed by atoms with Crippen LogP contribution in [0.25, 0.3) is 0 Å². The van der Waals surface area contributed by atoms with Gasteiger partial charge in [-0.15, -0.1) is 0 Å². The summed E-state index contributed by atoms with van der Waals surface area (Å²) in [6, 6.07) is 9.29. The molecule has 1 aromatic carbocycles. The first-order valence-electron chi connectivity index (χ1n) is 7.22. The van der Waals surface area contributed by atoms with Gasteiger partial charge in [0.05, 0.1) is 23.9 Å². The molecule has 3 N–H and O–H groups in total. The van der Waals surface area contributed by atoms with Crippen molar-refractivity contribution < 1.29 is 13.5 Å². The molecule has 0 aliphatic rings. The molecule has 0 saturated heterocycles. The number of aromatic nitrogens is 2. The smallest absolute Gasteiger partial charge is 0.214 e. The Kier molecular flexibility index (Phi) is 6.11. The second-order valence-electron chi connectivity index (χ2n) is 5.19. The highest BCUT2D eigenvalue weighted by atomic mass is 32.2. The standard InChI is InChI=1S/C15H21N3O3S/c19-15(8-4-7-14-10-16-12-17-14)11-22(20,21)18-9-13-5-2-1-3-6-13/h1-3,5-6,10,12,15,18-19H,4,7-9,11H2,(H,16,17). The van der Waals surface area contributed by atoms with Crippen molar-refractivity contribution in [3.8, 4) is 0 Å². The summed E-state index contributed by atoms with van der Waals surface area (Å²) < 4.78 is 26.3. The average Bonchev–Trinajstić information content (AvgIpc) is 2.99. The number of hydrogen-bond donors (Lipinski definition) is 3. The van der Waals surface area contributed by atoms with E-state index < -0.39 is 16.1 Å². The molecule has 1 unspecified atom stereocenters. The Balaban J connectivity index is 1.71. The summed E-state index contributed by atoms with van der Waals surface area (Å²) in [4.78, 5) is 6.94. The molecule has 0 saturated carbocycles. The summed E-state index contributed by atoms with van der Waals surface area (Å²) in [5, 5.41) is 9.86. The fraction of sp³-hybridized carbons (Fsp3) is 0.400. The molecule has 0 aliphatic carbocycles. The zero-order chi connectivity index (χ0) is 15.8. The zero-order valence-corrected chi connectivity index (χ0v) is 13.1. The zero-order valence-electron chi connectivity index (χ0n) is 12.3. The third-order valence-corrected chi connectivity index (χ3v) is 4.68. The van der Waals surface area contributed by atoms with Gasteiger partial charge in [0.2, 0.25) is 10.0 Å². The molecule has 1 atom stereocenters. The highest BCUT2D eigenvalue weighted by Crippen LogP contribution is 2.06. The minimum atomic E-state index is -3.49. The number of H-pyrrole nitrogens is 1. The van der Waals surface area contributed by atoms with Crippen molar-refractivity contribution in [2.45, 2.75) is 31.9 Å². The third kappa shape index (κ3) is 5.97. The summed E-state index contributed by atoms with van der Waals surface area (Å²) >= 11 is 0. The van der Waals surface area contributed by atoms with Gasteiger partial charge in [0, 0.05) is 12.7 Å². The minimum Gasteiger partial charge on any atom is -0.392 e. The average molecular weight is 323 g/mol. The van der Waals surface area contributed by atoms with Gasteiger partial charge >= 0.3 is 0 Å². The number of nitrogens with one attached hydrogen (secondary N) is 2. The Morgan fingerprint density at radius 1 is 1.27 bits per heavy atom. The molecular formula is C15H21N3O3S. The van der Waals surface area contributed by atoms with Crippen molar-refractivity contribution >= 4 is 10.0 Å². The lowest BCUT2D eigenvalue weighted by molar-refractivity contribution is 0.183. The number of aryl methyl sites for hydroxylation is 1. The first kappa shape index (κ1) is 16.7. The Hall–Kier alpha value is -1.70. The number of imidazole rings is 1. The lowest BCUT2D eigenvalue weighted by Crippen LogP contribution is -2.31. The van der Waals surface area contributed by atoms with Crippen molar-refractivity contribution in [2.24, 2.45) is 0 Å². The number of aromatic amines is 1. The molecule has 2 rings (SSSR count). The second kappa shape index (κ2) is 8.07. The van der Waals surface area contributed by atoms with Gasteiger partial charge in [-0.3, -0.25) is 0 Å². The number of hydrogen-bond acceptors (Lipinski definition) is 4. The van der Waals surface area contributed by atoms with Crippen LogP contribution in [0.4, 0.5) is 0 Å². The molecule has 120 valence electrons. The van der Waals surface area contributed by atoms with Crippen molar-refractivity contribution in [3.63, 3.8) is 0 Å². The normalized spacial score (nSPS) is 13.1. The molecule has 0 radical (unpaired) electrons. The maximum atomic E-state index is 11.9. The van der Waals surface area contributed by atoms with Gasteiger partial charge in [0.1, 0.15) is 0 Å². The van der Waals surface area contributed by atoms with Crippen LogP contribution in [0.5, 0.6) is 0 Å². The van der Waals surface area contributed by atoms with Crippen LogP contribution >= 0.6 is 0 Å². The van der Waals surface area contributed by atoms with Gasteiger partial charge in [0.15, 0.2) is 0 Å². The van der Waals surface area contributed by atoms with Crippen LogP contribution in [-0.4, -0.2) is 35.3 Å². The van der Waals surface area contributed by atoms with E-state index in [1.807, 2.05) is 30.3 Å². The number of aliphatic hydroxyl groups excluding tert-OH is 1. The van der Waals surface area contributed by atoms with E-state index in [-0.39, 0.29) is 12.3 Å². The molecule has 0 spiro atoms. The van der Waals surface area contributed by atoms with Gasteiger partial charge in [-0.05, 0) is 24.8 Å². The molecule has 0 bridgehead atoms. The van der Waals surface area contributed by atoms with E-state index in [9.17, 15) is 13.5 Å². The van der Waals surface area contributed by atoms with Crippen LogP contribution in [0.3, 0.4) is 0 Å². The molecule has 0 aliphatic heterocycles. The molecule has 0 fully saturated rings. The van der Waals surface area contributed by atoms with E-state index in [2.05, 4.69) is 14.7 Å². The first-order valence-corrected chi connectivity index (χ1v) is 8.87. The van der Waals surface area contributed by atoms with E-state index in [0.29, 0.717) is 12.8 Å². The number of benzene rings is 1. The van der Waals surface area contributed by atoms with Crippen molar-refractivity contribution in [1.29, 1.82) is 0 Å². The predicted molar refractivity (Wildman–Crippen MR) is 84.6 cm³/mol. The Labute approximate surface area is 130 Å². The highest BCUT2D eigenvalue weighted by Gasteiger charge is 2.16.